The van der Waals surface area contributed by atoms with Crippen LogP contribution in [0, 0.1) is 10.1 Å². The fraction of sp³-hybridized carbons (Fsp3) is 0. The van der Waals surface area contributed by atoms with Crippen LogP contribution >= 0.6 is 12.4 Å². The summed E-state index contributed by atoms with van der Waals surface area (Å²) >= 11 is 0. The van der Waals surface area contributed by atoms with Gasteiger partial charge in [-0.3, -0.25) is 20.1 Å². The predicted molar refractivity (Wildman–Crippen MR) is 49.6 cm³/mol. The number of nitro groups is 1. The van der Waals surface area contributed by atoms with Crippen molar-refractivity contribution in [1.29, 1.82) is 0 Å². The van der Waals surface area contributed by atoms with E-state index in [-0.39, 0.29) is 23.7 Å². The Labute approximate surface area is 85.1 Å². The normalized spacial score (nSPS) is 8.64. The second-order valence-electron chi connectivity index (χ2n) is 2.25. The molecule has 1 aromatic rings. The summed E-state index contributed by atoms with van der Waals surface area (Å²) in [5.74, 6) is -0.774. The average molecular weight is 219 g/mol. The third-order valence-corrected chi connectivity index (χ3v) is 1.42. The number of nitrogens with zero attached hydrogens (tertiary/aromatic N) is 1. The smallest absolute Gasteiger partial charge is 0.274 e. The lowest BCUT2D eigenvalue weighted by Crippen LogP contribution is -2.18. The lowest BCUT2D eigenvalue weighted by molar-refractivity contribution is -0.384. The van der Waals surface area contributed by atoms with Crippen LogP contribution in [0.5, 0.6) is 0 Å². The number of halogens is 1. The molecule has 0 spiro atoms. The van der Waals surface area contributed by atoms with Gasteiger partial charge >= 0.3 is 0 Å². The molecule has 0 saturated heterocycles. The minimum Gasteiger partial charge on any atom is -0.288 e. The molecule has 2 N–H and O–H groups in total. The number of rotatable bonds is 2. The third kappa shape index (κ3) is 2.68. The summed E-state index contributed by atoms with van der Waals surface area (Å²) in [5, 5.41) is 18.5. The fourth-order valence-electron chi connectivity index (χ4n) is 0.825. The number of hydroxylamine groups is 1. The van der Waals surface area contributed by atoms with E-state index < -0.39 is 10.8 Å². The van der Waals surface area contributed by atoms with Crippen LogP contribution in [0.4, 0.5) is 5.69 Å². The van der Waals surface area contributed by atoms with Crippen molar-refractivity contribution in [3.8, 4) is 0 Å². The molecule has 0 aliphatic heterocycles. The van der Waals surface area contributed by atoms with Crippen molar-refractivity contribution in [2.45, 2.75) is 0 Å². The van der Waals surface area contributed by atoms with E-state index in [1.165, 1.54) is 23.7 Å². The van der Waals surface area contributed by atoms with Gasteiger partial charge in [-0.15, -0.1) is 12.4 Å². The van der Waals surface area contributed by atoms with Crippen LogP contribution in [0.3, 0.4) is 0 Å². The van der Waals surface area contributed by atoms with Gasteiger partial charge in [0.1, 0.15) is 0 Å². The van der Waals surface area contributed by atoms with E-state index in [2.05, 4.69) is 0 Å². The number of nitro benzene ring substituents is 1. The van der Waals surface area contributed by atoms with E-state index in [0.717, 1.165) is 6.07 Å². The van der Waals surface area contributed by atoms with Gasteiger partial charge in [0.2, 0.25) is 0 Å². The van der Waals surface area contributed by atoms with Crippen LogP contribution in [0.2, 0.25) is 0 Å². The van der Waals surface area contributed by atoms with Gasteiger partial charge < -0.3 is 0 Å². The summed E-state index contributed by atoms with van der Waals surface area (Å²) in [6, 6.07) is 5.06. The molecule has 0 aliphatic carbocycles. The highest BCUT2D eigenvalue weighted by atomic mass is 35.5. The zero-order valence-electron chi connectivity index (χ0n) is 6.84. The maximum atomic E-state index is 10.8. The van der Waals surface area contributed by atoms with E-state index in [1.54, 1.807) is 0 Å². The molecule has 0 fully saturated rings. The molecule has 1 amide bonds. The minimum absolute atomic E-state index is 0. The maximum Gasteiger partial charge on any atom is 0.274 e. The largest absolute Gasteiger partial charge is 0.288 e. The van der Waals surface area contributed by atoms with Crippen molar-refractivity contribution in [2.75, 3.05) is 0 Å². The third-order valence-electron chi connectivity index (χ3n) is 1.42. The number of benzene rings is 1. The van der Waals surface area contributed by atoms with Crippen LogP contribution in [0.25, 0.3) is 0 Å². The van der Waals surface area contributed by atoms with Crippen molar-refractivity contribution in [2.24, 2.45) is 0 Å². The Bertz CT molecular complexity index is 355. The van der Waals surface area contributed by atoms with E-state index in [4.69, 9.17) is 5.21 Å². The monoisotopic (exact) mass is 218 g/mol. The summed E-state index contributed by atoms with van der Waals surface area (Å²) in [6.45, 7) is 0. The van der Waals surface area contributed by atoms with Crippen LogP contribution in [-0.4, -0.2) is 16.0 Å². The molecular formula is C7H7ClN2O4. The molecule has 0 bridgehead atoms. The fourth-order valence-corrected chi connectivity index (χ4v) is 0.825. The maximum absolute atomic E-state index is 10.8. The summed E-state index contributed by atoms with van der Waals surface area (Å²) in [4.78, 5) is 20.5. The first-order valence-electron chi connectivity index (χ1n) is 3.34. The van der Waals surface area contributed by atoms with Crippen molar-refractivity contribution in [1.82, 2.24) is 5.48 Å². The molecule has 0 radical (unpaired) electrons. The molecule has 76 valence electrons. The number of non-ortho nitro benzene ring substituents is 1. The van der Waals surface area contributed by atoms with Gasteiger partial charge in [0.05, 0.1) is 4.92 Å². The summed E-state index contributed by atoms with van der Waals surface area (Å²) < 4.78 is 0. The van der Waals surface area contributed by atoms with Gasteiger partial charge in [-0.2, -0.15) is 0 Å². The number of amides is 1. The quantitative estimate of drug-likeness (QED) is 0.442. The molecule has 7 heteroatoms. The van der Waals surface area contributed by atoms with Crippen molar-refractivity contribution in [3.05, 3.63) is 39.9 Å². The average Bonchev–Trinajstić information content (AvgIpc) is 2.17. The van der Waals surface area contributed by atoms with Crippen LogP contribution in [0.15, 0.2) is 24.3 Å². The molecule has 1 aromatic carbocycles. The highest BCUT2D eigenvalue weighted by molar-refractivity contribution is 5.93. The minimum atomic E-state index is -0.774. The Hall–Kier alpha value is -1.66. The molecule has 0 unspecified atom stereocenters. The van der Waals surface area contributed by atoms with Crippen LogP contribution in [-0.2, 0) is 0 Å². The van der Waals surface area contributed by atoms with Gasteiger partial charge in [0, 0.05) is 17.7 Å². The van der Waals surface area contributed by atoms with Crippen molar-refractivity contribution < 1.29 is 14.9 Å². The molecular weight excluding hydrogens is 212 g/mol. The molecule has 0 heterocycles. The summed E-state index contributed by atoms with van der Waals surface area (Å²) in [6.07, 6.45) is 0. The zero-order valence-corrected chi connectivity index (χ0v) is 7.65. The molecule has 1 rings (SSSR count). The number of carbonyl (C=O) groups is 1. The zero-order chi connectivity index (χ0) is 9.84. The standard InChI is InChI=1S/C7H6N2O4.ClH/c10-7(8-11)5-2-1-3-6(4-5)9(12)13;/h1-4,11H,(H,8,10);1H. The van der Waals surface area contributed by atoms with Gasteiger partial charge in [-0.1, -0.05) is 6.07 Å². The highest BCUT2D eigenvalue weighted by Gasteiger charge is 2.09. The molecule has 0 saturated carbocycles. The van der Waals surface area contributed by atoms with Gasteiger partial charge in [-0.05, 0) is 6.07 Å². The SMILES string of the molecule is Cl.O=C(NO)c1cccc([N+](=O)[O-])c1. The molecule has 0 aromatic heterocycles. The Kier molecular flexibility index (Phi) is 4.54. The second-order valence-corrected chi connectivity index (χ2v) is 2.25. The van der Waals surface area contributed by atoms with E-state index >= 15 is 0 Å². The summed E-state index contributed by atoms with van der Waals surface area (Å²) in [7, 11) is 0. The van der Waals surface area contributed by atoms with E-state index in [9.17, 15) is 14.9 Å². The number of nitrogens with one attached hydrogen (secondary N) is 1. The molecule has 14 heavy (non-hydrogen) atoms. The Morgan fingerprint density at radius 1 is 1.50 bits per heavy atom. The number of hydrogen-bond donors (Lipinski definition) is 2. The second kappa shape index (κ2) is 5.15. The first-order valence-corrected chi connectivity index (χ1v) is 3.34. The van der Waals surface area contributed by atoms with Gasteiger partial charge in [0.25, 0.3) is 11.6 Å². The first kappa shape index (κ1) is 12.3. The van der Waals surface area contributed by atoms with Crippen LogP contribution < -0.4 is 5.48 Å². The van der Waals surface area contributed by atoms with E-state index in [1.807, 2.05) is 0 Å². The summed E-state index contributed by atoms with van der Waals surface area (Å²) in [5.41, 5.74) is 1.23. The first-order chi connectivity index (χ1) is 6.15. The predicted octanol–water partition coefficient (Wildman–Crippen LogP) is 1.14. The molecule has 6 nitrogen and oxygen atoms in total. The number of hydrogen-bond acceptors (Lipinski definition) is 4. The van der Waals surface area contributed by atoms with Crippen LogP contribution in [0.1, 0.15) is 10.4 Å². The van der Waals surface area contributed by atoms with Gasteiger partial charge in [-0.25, -0.2) is 5.48 Å². The Morgan fingerprint density at radius 3 is 2.64 bits per heavy atom. The molecule has 0 atom stereocenters. The topological polar surface area (TPSA) is 92.5 Å². The highest BCUT2D eigenvalue weighted by Crippen LogP contribution is 2.12. The number of carbonyl (C=O) groups excluding carboxylic acids is 1. The van der Waals surface area contributed by atoms with Crippen molar-refractivity contribution in [3.63, 3.8) is 0 Å². The van der Waals surface area contributed by atoms with E-state index in [0.29, 0.717) is 0 Å². The Balaban J connectivity index is 0.00000169. The Morgan fingerprint density at radius 2 is 2.14 bits per heavy atom. The van der Waals surface area contributed by atoms with Crippen molar-refractivity contribution >= 4 is 24.0 Å². The lowest BCUT2D eigenvalue weighted by Gasteiger charge is -1.97. The molecule has 0 aliphatic rings. The lowest BCUT2D eigenvalue weighted by atomic mass is 10.2. The van der Waals surface area contributed by atoms with Gasteiger partial charge in [0.15, 0.2) is 0 Å².